The lowest BCUT2D eigenvalue weighted by Crippen LogP contribution is -2.22. The summed E-state index contributed by atoms with van der Waals surface area (Å²) in [6.45, 7) is 3.37. The van der Waals surface area contributed by atoms with Crippen molar-refractivity contribution in [3.63, 3.8) is 0 Å². The van der Waals surface area contributed by atoms with Crippen LogP contribution in [0.2, 0.25) is 0 Å². The molecule has 2 aromatic heterocycles. The van der Waals surface area contributed by atoms with Crippen molar-refractivity contribution in [2.24, 2.45) is 0 Å². The summed E-state index contributed by atoms with van der Waals surface area (Å²) in [5.41, 5.74) is -0.0208. The maximum absolute atomic E-state index is 13.2. The van der Waals surface area contributed by atoms with Gasteiger partial charge in [0.1, 0.15) is 0 Å². The van der Waals surface area contributed by atoms with Gasteiger partial charge in [0.15, 0.2) is 5.16 Å². The van der Waals surface area contributed by atoms with E-state index in [9.17, 15) is 18.0 Å². The van der Waals surface area contributed by atoms with Gasteiger partial charge in [-0.25, -0.2) is 0 Å². The molecular weight excluding hydrogens is 413 g/mol. The van der Waals surface area contributed by atoms with Crippen molar-refractivity contribution in [2.75, 3.05) is 0 Å². The highest BCUT2D eigenvalue weighted by Crippen LogP contribution is 2.35. The quantitative estimate of drug-likeness (QED) is 0.425. The predicted octanol–water partition coefficient (Wildman–Crippen LogP) is 5.06. The molecule has 4 aromatic rings. The zero-order valence-electron chi connectivity index (χ0n) is 16.1. The second-order valence-corrected chi connectivity index (χ2v) is 8.08. The van der Waals surface area contributed by atoms with E-state index in [-0.39, 0.29) is 22.1 Å². The standard InChI is InChI=1S/C21H17F3N4OS/c1-13-16(21(22,23)24)9-6-10-17(13)27-11-12-28-18(19(27)29)25-26-20(28)30-14(2)15-7-4-3-5-8-15/h3-12,14H,1-2H3. The fraction of sp³-hybridized carbons (Fsp3) is 0.190. The van der Waals surface area contributed by atoms with Crippen molar-refractivity contribution in [2.45, 2.75) is 30.4 Å². The van der Waals surface area contributed by atoms with Crippen molar-refractivity contribution in [1.82, 2.24) is 19.2 Å². The first kappa shape index (κ1) is 20.2. The maximum atomic E-state index is 13.2. The summed E-state index contributed by atoms with van der Waals surface area (Å²) in [6.07, 6.45) is -1.46. The van der Waals surface area contributed by atoms with Crippen LogP contribution in [-0.4, -0.2) is 19.2 Å². The van der Waals surface area contributed by atoms with Crippen molar-refractivity contribution in [3.8, 4) is 5.69 Å². The van der Waals surface area contributed by atoms with Gasteiger partial charge in [-0.3, -0.25) is 13.8 Å². The number of benzene rings is 2. The summed E-state index contributed by atoms with van der Waals surface area (Å²) >= 11 is 1.44. The lowest BCUT2D eigenvalue weighted by atomic mass is 10.1. The van der Waals surface area contributed by atoms with Crippen molar-refractivity contribution in [1.29, 1.82) is 0 Å². The largest absolute Gasteiger partial charge is 0.416 e. The van der Waals surface area contributed by atoms with Gasteiger partial charge in [-0.15, -0.1) is 10.2 Å². The molecular formula is C21H17F3N4OS. The first-order chi connectivity index (χ1) is 14.3. The molecule has 2 aromatic carbocycles. The van der Waals surface area contributed by atoms with Crippen LogP contribution in [0.25, 0.3) is 11.3 Å². The van der Waals surface area contributed by atoms with Crippen LogP contribution in [0.3, 0.4) is 0 Å². The van der Waals surface area contributed by atoms with E-state index in [4.69, 9.17) is 0 Å². The molecule has 5 nitrogen and oxygen atoms in total. The second-order valence-electron chi connectivity index (χ2n) is 6.77. The van der Waals surface area contributed by atoms with Crippen LogP contribution >= 0.6 is 11.8 Å². The molecule has 2 heterocycles. The molecule has 0 bridgehead atoms. The molecule has 0 amide bonds. The smallest absolute Gasteiger partial charge is 0.279 e. The maximum Gasteiger partial charge on any atom is 0.416 e. The summed E-state index contributed by atoms with van der Waals surface area (Å²) in [5.74, 6) is 0. The number of nitrogens with zero attached hydrogens (tertiary/aromatic N) is 4. The SMILES string of the molecule is Cc1c(-n2ccn3c(SC(C)c4ccccc4)nnc3c2=O)cccc1C(F)(F)F. The Bertz CT molecular complexity index is 1260. The fourth-order valence-corrected chi connectivity index (χ4v) is 4.24. The number of thioether (sulfide) groups is 1. The summed E-state index contributed by atoms with van der Waals surface area (Å²) < 4.78 is 42.5. The van der Waals surface area contributed by atoms with E-state index in [1.165, 1.54) is 41.6 Å². The molecule has 0 saturated heterocycles. The molecule has 0 saturated carbocycles. The van der Waals surface area contributed by atoms with E-state index in [1.807, 2.05) is 37.3 Å². The van der Waals surface area contributed by atoms with E-state index in [2.05, 4.69) is 10.2 Å². The first-order valence-electron chi connectivity index (χ1n) is 9.12. The highest BCUT2D eigenvalue weighted by molar-refractivity contribution is 7.99. The Morgan fingerprint density at radius 2 is 1.73 bits per heavy atom. The normalized spacial score (nSPS) is 13.0. The molecule has 0 N–H and O–H groups in total. The number of rotatable bonds is 4. The second kappa shape index (κ2) is 7.64. The van der Waals surface area contributed by atoms with Crippen LogP contribution < -0.4 is 5.56 Å². The molecule has 9 heteroatoms. The highest BCUT2D eigenvalue weighted by atomic mass is 32.2. The van der Waals surface area contributed by atoms with E-state index in [0.29, 0.717) is 5.16 Å². The van der Waals surface area contributed by atoms with Crippen LogP contribution in [0.5, 0.6) is 0 Å². The highest BCUT2D eigenvalue weighted by Gasteiger charge is 2.33. The topological polar surface area (TPSA) is 52.2 Å². The minimum absolute atomic E-state index is 0.0248. The van der Waals surface area contributed by atoms with Crippen molar-refractivity contribution < 1.29 is 13.2 Å². The van der Waals surface area contributed by atoms with Gasteiger partial charge in [-0.05, 0) is 37.1 Å². The molecule has 30 heavy (non-hydrogen) atoms. The lowest BCUT2D eigenvalue weighted by molar-refractivity contribution is -0.138. The van der Waals surface area contributed by atoms with Gasteiger partial charge in [0.05, 0.1) is 11.3 Å². The molecule has 0 radical (unpaired) electrons. The number of halogens is 3. The minimum atomic E-state index is -4.50. The minimum Gasteiger partial charge on any atom is -0.279 e. The molecule has 0 aliphatic carbocycles. The number of fused-ring (bicyclic) bond motifs is 1. The van der Waals surface area contributed by atoms with E-state index < -0.39 is 17.3 Å². The zero-order chi connectivity index (χ0) is 21.5. The van der Waals surface area contributed by atoms with Crippen LogP contribution in [-0.2, 0) is 6.18 Å². The van der Waals surface area contributed by atoms with E-state index >= 15 is 0 Å². The van der Waals surface area contributed by atoms with Gasteiger partial charge in [-0.2, -0.15) is 13.2 Å². The summed E-state index contributed by atoms with van der Waals surface area (Å²) in [5, 5.41) is 8.72. The molecule has 0 fully saturated rings. The van der Waals surface area contributed by atoms with Gasteiger partial charge < -0.3 is 0 Å². The molecule has 154 valence electrons. The third-order valence-corrected chi connectivity index (χ3v) is 5.98. The third kappa shape index (κ3) is 3.60. The Morgan fingerprint density at radius 3 is 2.43 bits per heavy atom. The number of hydrogen-bond donors (Lipinski definition) is 0. The lowest BCUT2D eigenvalue weighted by Gasteiger charge is -2.15. The Morgan fingerprint density at radius 1 is 1.00 bits per heavy atom. The average Bonchev–Trinajstić information content (AvgIpc) is 3.12. The average molecular weight is 430 g/mol. The Labute approximate surface area is 174 Å². The molecule has 0 aliphatic rings. The Hall–Kier alpha value is -3.07. The van der Waals surface area contributed by atoms with Crippen LogP contribution in [0, 0.1) is 6.92 Å². The number of alkyl halides is 3. The molecule has 0 spiro atoms. The first-order valence-corrected chi connectivity index (χ1v) is 10.0. The Balaban J connectivity index is 1.75. The molecule has 1 atom stereocenters. The fourth-order valence-electron chi connectivity index (χ4n) is 3.28. The number of aromatic nitrogens is 4. The summed E-state index contributed by atoms with van der Waals surface area (Å²) in [6, 6.07) is 13.6. The Kier molecular flexibility index (Phi) is 5.15. The van der Waals surface area contributed by atoms with Crippen molar-refractivity contribution in [3.05, 3.63) is 88.0 Å². The van der Waals surface area contributed by atoms with Gasteiger partial charge in [0.2, 0.25) is 5.65 Å². The predicted molar refractivity (Wildman–Crippen MR) is 109 cm³/mol. The van der Waals surface area contributed by atoms with Gasteiger partial charge in [0.25, 0.3) is 0 Å². The molecule has 1 unspecified atom stereocenters. The van der Waals surface area contributed by atoms with E-state index in [1.54, 1.807) is 10.6 Å². The number of hydrogen-bond acceptors (Lipinski definition) is 4. The van der Waals surface area contributed by atoms with Gasteiger partial charge in [0, 0.05) is 17.6 Å². The summed E-state index contributed by atoms with van der Waals surface area (Å²) in [7, 11) is 0. The van der Waals surface area contributed by atoms with Crippen LogP contribution in [0.15, 0.2) is 70.9 Å². The molecule has 4 rings (SSSR count). The third-order valence-electron chi connectivity index (χ3n) is 4.86. The van der Waals surface area contributed by atoms with Crippen molar-refractivity contribution >= 4 is 17.4 Å². The monoisotopic (exact) mass is 430 g/mol. The van der Waals surface area contributed by atoms with Gasteiger partial charge in [-0.1, -0.05) is 48.2 Å². The summed E-state index contributed by atoms with van der Waals surface area (Å²) in [4.78, 5) is 13.0. The van der Waals surface area contributed by atoms with Crippen LogP contribution in [0.4, 0.5) is 13.2 Å². The van der Waals surface area contributed by atoms with Crippen LogP contribution in [0.1, 0.15) is 28.9 Å². The van der Waals surface area contributed by atoms with E-state index in [0.717, 1.165) is 11.6 Å². The molecule has 0 aliphatic heterocycles. The van der Waals surface area contributed by atoms with Gasteiger partial charge >= 0.3 is 11.7 Å². The zero-order valence-corrected chi connectivity index (χ0v) is 16.9.